The van der Waals surface area contributed by atoms with E-state index in [1.54, 1.807) is 32.2 Å². The van der Waals surface area contributed by atoms with E-state index in [1.807, 2.05) is 0 Å². The predicted molar refractivity (Wildman–Crippen MR) is 68.6 cm³/mol. The number of nitrogens with zero attached hydrogens (tertiary/aromatic N) is 1. The molecule has 0 radical (unpaired) electrons. The van der Waals surface area contributed by atoms with E-state index in [9.17, 15) is 5.11 Å². The van der Waals surface area contributed by atoms with Gasteiger partial charge in [0.05, 0.1) is 25.9 Å². The van der Waals surface area contributed by atoms with Crippen molar-refractivity contribution in [1.29, 1.82) is 5.26 Å². The summed E-state index contributed by atoms with van der Waals surface area (Å²) in [5.74, 6) is 1.34. The summed E-state index contributed by atoms with van der Waals surface area (Å²) < 4.78 is 10.8. The van der Waals surface area contributed by atoms with Crippen LogP contribution in [0.25, 0.3) is 0 Å². The van der Waals surface area contributed by atoms with Gasteiger partial charge in [0.2, 0.25) is 0 Å². The Hall–Kier alpha value is -1.73. The summed E-state index contributed by atoms with van der Waals surface area (Å²) in [5.41, 5.74) is 0.746. The largest absolute Gasteiger partial charge is 0.497 e. The van der Waals surface area contributed by atoms with Gasteiger partial charge < -0.3 is 14.6 Å². The van der Waals surface area contributed by atoms with Crippen LogP contribution < -0.4 is 9.47 Å². The summed E-state index contributed by atoms with van der Waals surface area (Å²) in [6.45, 7) is 2.24. The van der Waals surface area contributed by atoms with Crippen molar-refractivity contribution in [3.8, 4) is 17.6 Å². The molecule has 0 aliphatic heterocycles. The summed E-state index contributed by atoms with van der Waals surface area (Å²) >= 11 is 0. The van der Waals surface area contributed by atoms with E-state index in [0.29, 0.717) is 24.5 Å². The van der Waals surface area contributed by atoms with Crippen LogP contribution in [0.3, 0.4) is 0 Å². The van der Waals surface area contributed by atoms with E-state index in [1.165, 1.54) is 0 Å². The average Bonchev–Trinajstić information content (AvgIpc) is 2.38. The maximum atomic E-state index is 9.65. The molecule has 0 saturated carbocycles. The van der Waals surface area contributed by atoms with Gasteiger partial charge in [0, 0.05) is 18.1 Å². The Morgan fingerprint density at radius 2 is 2.17 bits per heavy atom. The Balaban J connectivity index is 2.63. The van der Waals surface area contributed by atoms with Gasteiger partial charge >= 0.3 is 0 Å². The lowest BCUT2D eigenvalue weighted by atomic mass is 10.1. The molecule has 1 aromatic carbocycles. The zero-order chi connectivity index (χ0) is 13.4. The van der Waals surface area contributed by atoms with Crippen molar-refractivity contribution in [3.63, 3.8) is 0 Å². The van der Waals surface area contributed by atoms with Gasteiger partial charge in [0.25, 0.3) is 0 Å². The number of rotatable bonds is 7. The van der Waals surface area contributed by atoms with E-state index >= 15 is 0 Å². The zero-order valence-electron chi connectivity index (χ0n) is 10.8. The van der Waals surface area contributed by atoms with Gasteiger partial charge in [-0.1, -0.05) is 0 Å². The molecule has 0 bridgehead atoms. The van der Waals surface area contributed by atoms with Gasteiger partial charge in [-0.05, 0) is 31.9 Å². The standard InChI is InChI=1S/C14H19NO3/c1-11(16)13-7-6-12(17-2)10-14(13)18-9-5-3-4-8-15/h6-7,10-11,16H,3-5,9H2,1-2H3. The van der Waals surface area contributed by atoms with Gasteiger partial charge in [-0.25, -0.2) is 0 Å². The first-order valence-electron chi connectivity index (χ1n) is 6.04. The highest BCUT2D eigenvalue weighted by Crippen LogP contribution is 2.29. The molecule has 1 atom stereocenters. The molecule has 4 heteroatoms. The minimum atomic E-state index is -0.579. The molecule has 0 amide bonds. The molecular weight excluding hydrogens is 230 g/mol. The molecule has 1 rings (SSSR count). The second-order valence-electron chi connectivity index (χ2n) is 4.04. The third-order valence-electron chi connectivity index (χ3n) is 2.61. The highest BCUT2D eigenvalue weighted by Gasteiger charge is 2.10. The molecule has 0 saturated heterocycles. The first kappa shape index (κ1) is 14.3. The molecular formula is C14H19NO3. The Labute approximate surface area is 108 Å². The number of aliphatic hydroxyl groups is 1. The van der Waals surface area contributed by atoms with Crippen LogP contribution in [-0.4, -0.2) is 18.8 Å². The van der Waals surface area contributed by atoms with Crippen LogP contribution in [0.5, 0.6) is 11.5 Å². The highest BCUT2D eigenvalue weighted by molar-refractivity contribution is 5.41. The second-order valence-corrected chi connectivity index (χ2v) is 4.04. The molecule has 0 aromatic heterocycles. The highest BCUT2D eigenvalue weighted by atomic mass is 16.5. The molecule has 0 aliphatic rings. The van der Waals surface area contributed by atoms with Crippen molar-refractivity contribution in [3.05, 3.63) is 23.8 Å². The molecule has 18 heavy (non-hydrogen) atoms. The van der Waals surface area contributed by atoms with Gasteiger partial charge in [0.15, 0.2) is 0 Å². The Morgan fingerprint density at radius 1 is 1.39 bits per heavy atom. The van der Waals surface area contributed by atoms with Crippen LogP contribution in [0.15, 0.2) is 18.2 Å². The number of methoxy groups -OCH3 is 1. The number of benzene rings is 1. The van der Waals surface area contributed by atoms with Crippen molar-refractivity contribution < 1.29 is 14.6 Å². The first-order chi connectivity index (χ1) is 8.69. The van der Waals surface area contributed by atoms with E-state index in [-0.39, 0.29) is 0 Å². The predicted octanol–water partition coefficient (Wildman–Crippen LogP) is 2.82. The molecule has 98 valence electrons. The Bertz CT molecular complexity index is 410. The number of hydrogen-bond donors (Lipinski definition) is 1. The molecule has 0 heterocycles. The van der Waals surface area contributed by atoms with Crippen molar-refractivity contribution in [2.24, 2.45) is 0 Å². The lowest BCUT2D eigenvalue weighted by Gasteiger charge is -2.14. The monoisotopic (exact) mass is 249 g/mol. The van der Waals surface area contributed by atoms with Crippen molar-refractivity contribution in [2.75, 3.05) is 13.7 Å². The molecule has 1 aromatic rings. The van der Waals surface area contributed by atoms with Crippen LogP contribution >= 0.6 is 0 Å². The number of nitriles is 1. The maximum absolute atomic E-state index is 9.65. The van der Waals surface area contributed by atoms with Gasteiger partial charge in [-0.3, -0.25) is 0 Å². The molecule has 0 spiro atoms. The topological polar surface area (TPSA) is 62.5 Å². The summed E-state index contributed by atoms with van der Waals surface area (Å²) in [6.07, 6.45) is 1.61. The number of unbranched alkanes of at least 4 members (excludes halogenated alkanes) is 2. The molecule has 0 fully saturated rings. The second kappa shape index (κ2) is 7.57. The average molecular weight is 249 g/mol. The van der Waals surface area contributed by atoms with E-state index < -0.39 is 6.10 Å². The van der Waals surface area contributed by atoms with E-state index in [2.05, 4.69) is 6.07 Å². The summed E-state index contributed by atoms with van der Waals surface area (Å²) in [5, 5.41) is 18.1. The minimum Gasteiger partial charge on any atom is -0.497 e. The summed E-state index contributed by atoms with van der Waals surface area (Å²) in [4.78, 5) is 0. The fraction of sp³-hybridized carbons (Fsp3) is 0.500. The smallest absolute Gasteiger partial charge is 0.128 e. The van der Waals surface area contributed by atoms with Gasteiger partial charge in [-0.2, -0.15) is 5.26 Å². The fourth-order valence-electron chi connectivity index (χ4n) is 1.60. The van der Waals surface area contributed by atoms with Crippen molar-refractivity contribution in [1.82, 2.24) is 0 Å². The fourth-order valence-corrected chi connectivity index (χ4v) is 1.60. The number of ether oxygens (including phenoxy) is 2. The van der Waals surface area contributed by atoms with Gasteiger partial charge in [-0.15, -0.1) is 0 Å². The lowest BCUT2D eigenvalue weighted by molar-refractivity contribution is 0.190. The SMILES string of the molecule is COc1ccc(C(C)O)c(OCCCCC#N)c1. The Morgan fingerprint density at radius 3 is 2.78 bits per heavy atom. The molecule has 1 N–H and O–H groups in total. The normalized spacial score (nSPS) is 11.7. The quantitative estimate of drug-likeness (QED) is 0.755. The van der Waals surface area contributed by atoms with Crippen molar-refractivity contribution >= 4 is 0 Å². The van der Waals surface area contributed by atoms with E-state index in [4.69, 9.17) is 14.7 Å². The number of hydrogen-bond acceptors (Lipinski definition) is 4. The van der Waals surface area contributed by atoms with E-state index in [0.717, 1.165) is 18.4 Å². The maximum Gasteiger partial charge on any atom is 0.128 e. The van der Waals surface area contributed by atoms with Crippen LogP contribution in [0.1, 0.15) is 37.9 Å². The van der Waals surface area contributed by atoms with Crippen molar-refractivity contribution in [2.45, 2.75) is 32.3 Å². The van der Waals surface area contributed by atoms with Crippen LogP contribution in [-0.2, 0) is 0 Å². The molecule has 4 nitrogen and oxygen atoms in total. The first-order valence-corrected chi connectivity index (χ1v) is 6.04. The summed E-state index contributed by atoms with van der Waals surface area (Å²) in [7, 11) is 1.59. The van der Waals surface area contributed by atoms with Crippen LogP contribution in [0.2, 0.25) is 0 Å². The molecule has 0 aliphatic carbocycles. The van der Waals surface area contributed by atoms with Gasteiger partial charge in [0.1, 0.15) is 11.5 Å². The summed E-state index contributed by atoms with van der Waals surface area (Å²) in [6, 6.07) is 7.46. The third-order valence-corrected chi connectivity index (χ3v) is 2.61. The minimum absolute atomic E-state index is 0.536. The van der Waals surface area contributed by atoms with Crippen LogP contribution in [0.4, 0.5) is 0 Å². The zero-order valence-corrected chi connectivity index (χ0v) is 10.8. The van der Waals surface area contributed by atoms with Crippen LogP contribution in [0, 0.1) is 11.3 Å². The molecule has 1 unspecified atom stereocenters. The number of aliphatic hydroxyl groups excluding tert-OH is 1. The lowest BCUT2D eigenvalue weighted by Crippen LogP contribution is -2.02. The third kappa shape index (κ3) is 4.27. The Kier molecular flexibility index (Phi) is 6.03.